The Morgan fingerprint density at radius 1 is 1.27 bits per heavy atom. The Balaban J connectivity index is 2.96. The maximum absolute atomic E-state index is 6.03. The van der Waals surface area contributed by atoms with E-state index in [1.807, 2.05) is 45.0 Å². The SMILES string of the molecule is CC[C@H](N)c1ccccc1OC(C)(C)C. The highest BCUT2D eigenvalue weighted by Gasteiger charge is 2.16. The van der Waals surface area contributed by atoms with Crippen LogP contribution in [-0.4, -0.2) is 5.60 Å². The van der Waals surface area contributed by atoms with Gasteiger partial charge in [0.05, 0.1) is 0 Å². The third-order valence-electron chi connectivity index (χ3n) is 2.17. The Hall–Kier alpha value is -1.02. The molecular formula is C13H21NO. The summed E-state index contributed by atoms with van der Waals surface area (Å²) in [5.74, 6) is 0.902. The van der Waals surface area contributed by atoms with E-state index < -0.39 is 0 Å². The van der Waals surface area contributed by atoms with Crippen LogP contribution in [0.1, 0.15) is 45.7 Å². The van der Waals surface area contributed by atoms with Gasteiger partial charge in [-0.25, -0.2) is 0 Å². The van der Waals surface area contributed by atoms with Crippen molar-refractivity contribution in [2.24, 2.45) is 5.73 Å². The van der Waals surface area contributed by atoms with Gasteiger partial charge in [0, 0.05) is 11.6 Å². The molecule has 0 saturated heterocycles. The van der Waals surface area contributed by atoms with E-state index in [4.69, 9.17) is 10.5 Å². The average molecular weight is 207 g/mol. The summed E-state index contributed by atoms with van der Waals surface area (Å²) in [7, 11) is 0. The molecular weight excluding hydrogens is 186 g/mol. The molecule has 0 aliphatic heterocycles. The minimum absolute atomic E-state index is 0.0588. The summed E-state index contributed by atoms with van der Waals surface area (Å²) >= 11 is 0. The van der Waals surface area contributed by atoms with Crippen LogP contribution in [0.25, 0.3) is 0 Å². The van der Waals surface area contributed by atoms with Crippen LogP contribution in [0.5, 0.6) is 5.75 Å². The van der Waals surface area contributed by atoms with Gasteiger partial charge in [-0.1, -0.05) is 25.1 Å². The Kier molecular flexibility index (Phi) is 3.75. The van der Waals surface area contributed by atoms with Gasteiger partial charge in [-0.2, -0.15) is 0 Å². The number of rotatable bonds is 3. The molecule has 1 aromatic carbocycles. The molecule has 0 heterocycles. The molecule has 2 heteroatoms. The van der Waals surface area contributed by atoms with Crippen LogP contribution < -0.4 is 10.5 Å². The van der Waals surface area contributed by atoms with Crippen molar-refractivity contribution in [3.63, 3.8) is 0 Å². The summed E-state index contributed by atoms with van der Waals surface area (Å²) < 4.78 is 5.88. The second kappa shape index (κ2) is 4.67. The summed E-state index contributed by atoms with van der Waals surface area (Å²) in [5, 5.41) is 0. The molecule has 0 amide bonds. The summed E-state index contributed by atoms with van der Waals surface area (Å²) in [6, 6.07) is 8.06. The molecule has 0 aliphatic carbocycles. The van der Waals surface area contributed by atoms with Crippen molar-refractivity contribution in [2.75, 3.05) is 0 Å². The molecule has 0 fully saturated rings. The zero-order valence-corrected chi connectivity index (χ0v) is 10.1. The molecule has 0 radical (unpaired) electrons. The van der Waals surface area contributed by atoms with E-state index in [-0.39, 0.29) is 11.6 Å². The molecule has 0 aromatic heterocycles. The Labute approximate surface area is 92.4 Å². The van der Waals surface area contributed by atoms with Gasteiger partial charge < -0.3 is 10.5 Å². The van der Waals surface area contributed by atoms with Crippen LogP contribution in [0.2, 0.25) is 0 Å². The zero-order chi connectivity index (χ0) is 11.5. The minimum Gasteiger partial charge on any atom is -0.488 e. The highest BCUT2D eigenvalue weighted by atomic mass is 16.5. The zero-order valence-electron chi connectivity index (χ0n) is 10.1. The van der Waals surface area contributed by atoms with E-state index >= 15 is 0 Å². The highest BCUT2D eigenvalue weighted by Crippen LogP contribution is 2.28. The largest absolute Gasteiger partial charge is 0.488 e. The molecule has 0 bridgehead atoms. The predicted octanol–water partition coefficient (Wildman–Crippen LogP) is 3.27. The Bertz CT molecular complexity index is 315. The standard InChI is InChI=1S/C13H21NO/c1-5-11(14)10-8-6-7-9-12(10)15-13(2,3)4/h6-9,11H,5,14H2,1-4H3/t11-/m0/s1. The fraction of sp³-hybridized carbons (Fsp3) is 0.538. The fourth-order valence-electron chi connectivity index (χ4n) is 1.43. The first kappa shape index (κ1) is 12.1. The molecule has 0 saturated carbocycles. The summed E-state index contributed by atoms with van der Waals surface area (Å²) in [6.07, 6.45) is 0.921. The van der Waals surface area contributed by atoms with Crippen LogP contribution in [0.4, 0.5) is 0 Å². The Morgan fingerprint density at radius 2 is 1.87 bits per heavy atom. The molecule has 1 aromatic rings. The summed E-state index contributed by atoms with van der Waals surface area (Å²) in [4.78, 5) is 0. The van der Waals surface area contributed by atoms with E-state index in [1.54, 1.807) is 0 Å². The second-order valence-corrected chi connectivity index (χ2v) is 4.77. The first-order chi connectivity index (χ1) is 6.94. The maximum Gasteiger partial charge on any atom is 0.124 e. The lowest BCUT2D eigenvalue weighted by Gasteiger charge is -2.24. The predicted molar refractivity (Wildman–Crippen MR) is 64.0 cm³/mol. The topological polar surface area (TPSA) is 35.2 Å². The van der Waals surface area contributed by atoms with E-state index in [1.165, 1.54) is 0 Å². The van der Waals surface area contributed by atoms with Crippen LogP contribution in [-0.2, 0) is 0 Å². The second-order valence-electron chi connectivity index (χ2n) is 4.77. The van der Waals surface area contributed by atoms with E-state index in [2.05, 4.69) is 6.92 Å². The molecule has 2 nitrogen and oxygen atoms in total. The van der Waals surface area contributed by atoms with Crippen LogP contribution in [0.3, 0.4) is 0 Å². The van der Waals surface area contributed by atoms with Gasteiger partial charge in [0.25, 0.3) is 0 Å². The van der Waals surface area contributed by atoms with Crippen LogP contribution >= 0.6 is 0 Å². The normalized spacial score (nSPS) is 13.7. The lowest BCUT2D eigenvalue weighted by molar-refractivity contribution is 0.128. The van der Waals surface area contributed by atoms with Crippen molar-refractivity contribution in [1.82, 2.24) is 0 Å². The van der Waals surface area contributed by atoms with Crippen molar-refractivity contribution in [3.8, 4) is 5.75 Å². The van der Waals surface area contributed by atoms with Crippen molar-refractivity contribution in [1.29, 1.82) is 0 Å². The third kappa shape index (κ3) is 3.56. The van der Waals surface area contributed by atoms with E-state index in [0.29, 0.717) is 0 Å². The number of hydrogen-bond donors (Lipinski definition) is 1. The first-order valence-electron chi connectivity index (χ1n) is 5.47. The summed E-state index contributed by atoms with van der Waals surface area (Å²) in [6.45, 7) is 8.21. The van der Waals surface area contributed by atoms with Crippen LogP contribution in [0, 0.1) is 0 Å². The van der Waals surface area contributed by atoms with E-state index in [0.717, 1.165) is 17.7 Å². The smallest absolute Gasteiger partial charge is 0.124 e. The highest BCUT2D eigenvalue weighted by molar-refractivity contribution is 5.36. The van der Waals surface area contributed by atoms with Gasteiger partial charge in [0.15, 0.2) is 0 Å². The number of hydrogen-bond acceptors (Lipinski definition) is 2. The fourth-order valence-corrected chi connectivity index (χ4v) is 1.43. The van der Waals surface area contributed by atoms with E-state index in [9.17, 15) is 0 Å². The van der Waals surface area contributed by atoms with Gasteiger partial charge >= 0.3 is 0 Å². The van der Waals surface area contributed by atoms with Crippen LogP contribution in [0.15, 0.2) is 24.3 Å². The minimum atomic E-state index is -0.177. The third-order valence-corrected chi connectivity index (χ3v) is 2.17. The molecule has 15 heavy (non-hydrogen) atoms. The van der Waals surface area contributed by atoms with Gasteiger partial charge in [-0.05, 0) is 33.3 Å². The molecule has 84 valence electrons. The van der Waals surface area contributed by atoms with Gasteiger partial charge in [-0.15, -0.1) is 0 Å². The quantitative estimate of drug-likeness (QED) is 0.825. The van der Waals surface area contributed by atoms with Crippen molar-refractivity contribution in [3.05, 3.63) is 29.8 Å². The van der Waals surface area contributed by atoms with Gasteiger partial charge in [0.2, 0.25) is 0 Å². The lowest BCUT2D eigenvalue weighted by Crippen LogP contribution is -2.24. The molecule has 0 unspecified atom stereocenters. The van der Waals surface area contributed by atoms with Crippen molar-refractivity contribution in [2.45, 2.75) is 45.8 Å². The monoisotopic (exact) mass is 207 g/mol. The molecule has 1 atom stereocenters. The summed E-state index contributed by atoms with van der Waals surface area (Å²) in [5.41, 5.74) is 6.95. The molecule has 0 aliphatic rings. The number of nitrogens with two attached hydrogens (primary N) is 1. The van der Waals surface area contributed by atoms with Crippen molar-refractivity contribution < 1.29 is 4.74 Å². The number of para-hydroxylation sites is 1. The molecule has 0 spiro atoms. The lowest BCUT2D eigenvalue weighted by atomic mass is 10.0. The number of ether oxygens (including phenoxy) is 1. The Morgan fingerprint density at radius 3 is 2.40 bits per heavy atom. The first-order valence-corrected chi connectivity index (χ1v) is 5.47. The van der Waals surface area contributed by atoms with Crippen molar-refractivity contribution >= 4 is 0 Å². The number of benzene rings is 1. The molecule has 2 N–H and O–H groups in total. The maximum atomic E-state index is 6.03. The molecule has 1 rings (SSSR count). The average Bonchev–Trinajstić information content (AvgIpc) is 2.15. The van der Waals surface area contributed by atoms with Gasteiger partial charge in [-0.3, -0.25) is 0 Å². The van der Waals surface area contributed by atoms with Gasteiger partial charge in [0.1, 0.15) is 11.4 Å².